The zero-order chi connectivity index (χ0) is 24.1. The first-order valence-electron chi connectivity index (χ1n) is 11.1. The number of fused-ring (bicyclic) bond motifs is 1. The summed E-state index contributed by atoms with van der Waals surface area (Å²) < 4.78 is 1.97. The first kappa shape index (κ1) is 23.4. The molecule has 3 amide bonds. The third-order valence-electron chi connectivity index (χ3n) is 5.06. The number of benzene rings is 2. The summed E-state index contributed by atoms with van der Waals surface area (Å²) in [6.45, 7) is 6.29. The molecule has 0 radical (unpaired) electrons. The van der Waals surface area contributed by atoms with Gasteiger partial charge in [-0.3, -0.25) is 10.1 Å². The van der Waals surface area contributed by atoms with Gasteiger partial charge in [-0.1, -0.05) is 60.3 Å². The molecule has 0 saturated heterocycles. The van der Waals surface area contributed by atoms with E-state index in [-0.39, 0.29) is 11.8 Å². The van der Waals surface area contributed by atoms with E-state index in [0.717, 1.165) is 27.7 Å². The molecule has 34 heavy (non-hydrogen) atoms. The summed E-state index contributed by atoms with van der Waals surface area (Å²) in [5.41, 5.74) is 3.66. The van der Waals surface area contributed by atoms with Crippen LogP contribution in [0.4, 0.5) is 4.79 Å². The van der Waals surface area contributed by atoms with E-state index in [9.17, 15) is 9.59 Å². The number of pyridine rings is 1. The van der Waals surface area contributed by atoms with Crippen LogP contribution in [0, 0.1) is 0 Å². The van der Waals surface area contributed by atoms with Gasteiger partial charge in [-0.2, -0.15) is 0 Å². The van der Waals surface area contributed by atoms with Crippen LogP contribution in [0.1, 0.15) is 20.8 Å². The summed E-state index contributed by atoms with van der Waals surface area (Å²) in [5, 5.41) is 15.4. The summed E-state index contributed by atoms with van der Waals surface area (Å²) >= 11 is 1.24. The van der Waals surface area contributed by atoms with Crippen LogP contribution in [0.5, 0.6) is 0 Å². The maximum Gasteiger partial charge on any atom is 0.321 e. The fourth-order valence-corrected chi connectivity index (χ4v) is 4.39. The molecule has 0 atom stereocenters. The second-order valence-electron chi connectivity index (χ2n) is 7.95. The summed E-state index contributed by atoms with van der Waals surface area (Å²) in [6.07, 6.45) is 0. The maximum atomic E-state index is 12.2. The molecule has 4 rings (SSSR count). The maximum absolute atomic E-state index is 12.2. The third kappa shape index (κ3) is 5.26. The third-order valence-corrected chi connectivity index (χ3v) is 6.03. The summed E-state index contributed by atoms with van der Waals surface area (Å²) in [5.74, 6) is 0.366. The summed E-state index contributed by atoms with van der Waals surface area (Å²) in [7, 11) is 0. The molecule has 2 N–H and O–H groups in total. The molecular formula is C25H26N6O2S. The molecule has 2 heterocycles. The number of hydrogen-bond donors (Lipinski definition) is 2. The fourth-order valence-electron chi connectivity index (χ4n) is 3.59. The number of rotatable bonds is 7. The number of amides is 3. The molecule has 0 fully saturated rings. The van der Waals surface area contributed by atoms with Crippen LogP contribution >= 0.6 is 11.8 Å². The van der Waals surface area contributed by atoms with E-state index in [1.54, 1.807) is 0 Å². The number of carbonyl (C=O) groups is 2. The lowest BCUT2D eigenvalue weighted by Crippen LogP contribution is -2.43. The van der Waals surface area contributed by atoms with Crippen LogP contribution < -0.4 is 10.6 Å². The highest BCUT2D eigenvalue weighted by molar-refractivity contribution is 7.99. The predicted molar refractivity (Wildman–Crippen MR) is 134 cm³/mol. The van der Waals surface area contributed by atoms with Crippen molar-refractivity contribution >= 4 is 34.6 Å². The minimum atomic E-state index is -0.505. The molecule has 2 aromatic carbocycles. The van der Waals surface area contributed by atoms with Crippen LogP contribution in [0.15, 0.2) is 65.8 Å². The fraction of sp³-hybridized carbons (Fsp3) is 0.240. The van der Waals surface area contributed by atoms with E-state index in [0.29, 0.717) is 17.5 Å². The van der Waals surface area contributed by atoms with Crippen molar-refractivity contribution in [2.24, 2.45) is 0 Å². The second-order valence-corrected chi connectivity index (χ2v) is 8.90. The number of aromatic nitrogens is 4. The first-order chi connectivity index (χ1) is 16.5. The minimum absolute atomic E-state index is 0.0516. The highest BCUT2D eigenvalue weighted by Gasteiger charge is 2.19. The van der Waals surface area contributed by atoms with Crippen molar-refractivity contribution in [3.05, 3.63) is 60.7 Å². The van der Waals surface area contributed by atoms with E-state index in [2.05, 4.69) is 20.8 Å². The molecule has 0 aliphatic rings. The molecule has 9 heteroatoms. The van der Waals surface area contributed by atoms with Crippen molar-refractivity contribution in [1.82, 2.24) is 30.4 Å². The van der Waals surface area contributed by atoms with Crippen LogP contribution in [0.3, 0.4) is 0 Å². The molecule has 2 aromatic heterocycles. The Morgan fingerprint density at radius 1 is 1.03 bits per heavy atom. The number of thioether (sulfide) groups is 1. The molecule has 0 saturated carbocycles. The molecule has 8 nitrogen and oxygen atoms in total. The van der Waals surface area contributed by atoms with Gasteiger partial charge in [0.15, 0.2) is 11.0 Å². The number of imide groups is 1. The van der Waals surface area contributed by atoms with Gasteiger partial charge in [0.1, 0.15) is 0 Å². The van der Waals surface area contributed by atoms with Gasteiger partial charge in [-0.25, -0.2) is 9.78 Å². The smallest absolute Gasteiger partial charge is 0.321 e. The molecule has 0 bridgehead atoms. The monoisotopic (exact) mass is 474 g/mol. The van der Waals surface area contributed by atoms with E-state index >= 15 is 0 Å². The number of nitrogens with one attached hydrogen (secondary N) is 2. The van der Waals surface area contributed by atoms with Crippen molar-refractivity contribution in [3.8, 4) is 22.6 Å². The van der Waals surface area contributed by atoms with Crippen molar-refractivity contribution in [2.75, 3.05) is 5.75 Å². The van der Waals surface area contributed by atoms with Gasteiger partial charge < -0.3 is 9.88 Å². The Bertz CT molecular complexity index is 1320. The molecule has 4 aromatic rings. The van der Waals surface area contributed by atoms with E-state index in [1.165, 1.54) is 11.8 Å². The van der Waals surface area contributed by atoms with Crippen molar-refractivity contribution in [1.29, 1.82) is 0 Å². The van der Waals surface area contributed by atoms with Gasteiger partial charge in [0.2, 0.25) is 5.91 Å². The summed E-state index contributed by atoms with van der Waals surface area (Å²) in [4.78, 5) is 28.8. The van der Waals surface area contributed by atoms with Gasteiger partial charge in [0, 0.05) is 29.1 Å². The Morgan fingerprint density at radius 2 is 1.76 bits per heavy atom. The second kappa shape index (κ2) is 10.5. The van der Waals surface area contributed by atoms with Gasteiger partial charge in [-0.15, -0.1) is 10.2 Å². The lowest BCUT2D eigenvalue weighted by atomic mass is 10.0. The lowest BCUT2D eigenvalue weighted by molar-refractivity contribution is -0.117. The number of nitrogens with zero attached hydrogens (tertiary/aromatic N) is 4. The average Bonchev–Trinajstić information content (AvgIpc) is 3.24. The predicted octanol–water partition coefficient (Wildman–Crippen LogP) is 4.51. The van der Waals surface area contributed by atoms with Gasteiger partial charge >= 0.3 is 6.03 Å². The quantitative estimate of drug-likeness (QED) is 0.382. The summed E-state index contributed by atoms with van der Waals surface area (Å²) in [6, 6.07) is 19.4. The number of para-hydroxylation sites is 1. The molecule has 0 aliphatic heterocycles. The topological polar surface area (TPSA) is 102 Å². The minimum Gasteiger partial charge on any atom is -0.336 e. The normalized spacial score (nSPS) is 11.1. The van der Waals surface area contributed by atoms with Gasteiger partial charge in [0.05, 0.1) is 17.0 Å². The Hall–Kier alpha value is -3.72. The standard InChI is InChI=1S/C25H26N6O2S/c1-4-31-23(29-30-25(31)34-15-22(32)28-24(33)26-16(2)3)19-14-21(17-10-6-5-7-11-17)27-20-13-9-8-12-18(19)20/h5-14,16H,4,15H2,1-3H3,(H2,26,28,32,33). The van der Waals surface area contributed by atoms with E-state index in [1.807, 2.05) is 86.0 Å². The number of urea groups is 1. The zero-order valence-electron chi connectivity index (χ0n) is 19.3. The number of carbonyl (C=O) groups excluding carboxylic acids is 2. The number of hydrogen-bond acceptors (Lipinski definition) is 6. The molecule has 174 valence electrons. The van der Waals surface area contributed by atoms with Crippen LogP contribution in [-0.2, 0) is 11.3 Å². The van der Waals surface area contributed by atoms with Crippen molar-refractivity contribution in [3.63, 3.8) is 0 Å². The van der Waals surface area contributed by atoms with Crippen molar-refractivity contribution < 1.29 is 9.59 Å². The van der Waals surface area contributed by atoms with Gasteiger partial charge in [-0.05, 0) is 32.9 Å². The molecular weight excluding hydrogens is 448 g/mol. The Balaban J connectivity index is 1.65. The molecule has 0 spiro atoms. The van der Waals surface area contributed by atoms with Crippen LogP contribution in [0.25, 0.3) is 33.5 Å². The first-order valence-corrected chi connectivity index (χ1v) is 12.1. The Kier molecular flexibility index (Phi) is 7.22. The molecule has 0 aliphatic carbocycles. The van der Waals surface area contributed by atoms with Crippen LogP contribution in [0.2, 0.25) is 0 Å². The largest absolute Gasteiger partial charge is 0.336 e. The highest BCUT2D eigenvalue weighted by atomic mass is 32.2. The zero-order valence-corrected chi connectivity index (χ0v) is 20.1. The van der Waals surface area contributed by atoms with E-state index in [4.69, 9.17) is 4.98 Å². The Labute approximate surface area is 202 Å². The van der Waals surface area contributed by atoms with Crippen molar-refractivity contribution in [2.45, 2.75) is 38.5 Å². The lowest BCUT2D eigenvalue weighted by Gasteiger charge is -2.12. The average molecular weight is 475 g/mol. The highest BCUT2D eigenvalue weighted by Crippen LogP contribution is 2.32. The van der Waals surface area contributed by atoms with Gasteiger partial charge in [0.25, 0.3) is 0 Å². The SMILES string of the molecule is CCn1c(SCC(=O)NC(=O)NC(C)C)nnc1-c1cc(-c2ccccc2)nc2ccccc12. The van der Waals surface area contributed by atoms with E-state index < -0.39 is 11.9 Å². The molecule has 0 unspecified atom stereocenters. The Morgan fingerprint density at radius 3 is 2.50 bits per heavy atom. The van der Waals surface area contributed by atoms with Crippen LogP contribution in [-0.4, -0.2) is 43.5 Å².